The molecule has 0 spiro atoms. The Morgan fingerprint density at radius 1 is 1.62 bits per heavy atom. The molecule has 0 heterocycles. The molecule has 0 N–H and O–H groups in total. The first-order valence-electron chi connectivity index (χ1n) is 2.33. The SMILES string of the molecule is CCOC=CC(Cl)Cl. The van der Waals surface area contributed by atoms with Gasteiger partial charge in [-0.1, -0.05) is 0 Å². The molecule has 3 heteroatoms. The molecule has 48 valence electrons. The normalized spacial score (nSPS) is 11.0. The fourth-order valence-electron chi connectivity index (χ4n) is 0.211. The zero-order valence-corrected chi connectivity index (χ0v) is 6.12. The van der Waals surface area contributed by atoms with E-state index in [1.807, 2.05) is 6.92 Å². The smallest absolute Gasteiger partial charge is 0.129 e. The van der Waals surface area contributed by atoms with E-state index in [-0.39, 0.29) is 0 Å². The summed E-state index contributed by atoms with van der Waals surface area (Å²) in [7, 11) is 0. The van der Waals surface area contributed by atoms with Crippen LogP contribution in [0.2, 0.25) is 0 Å². The van der Waals surface area contributed by atoms with Crippen LogP contribution in [0.5, 0.6) is 0 Å². The van der Waals surface area contributed by atoms with Crippen molar-refractivity contribution < 1.29 is 4.74 Å². The summed E-state index contributed by atoms with van der Waals surface area (Å²) in [6, 6.07) is 0. The predicted molar refractivity (Wildman–Crippen MR) is 36.3 cm³/mol. The quantitative estimate of drug-likeness (QED) is 0.449. The molecule has 0 atom stereocenters. The summed E-state index contributed by atoms with van der Waals surface area (Å²) in [6.07, 6.45) is 3.05. The first-order valence-corrected chi connectivity index (χ1v) is 3.21. The summed E-state index contributed by atoms with van der Waals surface area (Å²) in [6.45, 7) is 2.54. The van der Waals surface area contributed by atoms with E-state index < -0.39 is 4.84 Å². The van der Waals surface area contributed by atoms with Crippen molar-refractivity contribution in [3.05, 3.63) is 12.3 Å². The third-order valence-corrected chi connectivity index (χ3v) is 0.778. The molecule has 0 unspecified atom stereocenters. The number of hydrogen-bond acceptors (Lipinski definition) is 1. The van der Waals surface area contributed by atoms with Crippen LogP contribution in [-0.4, -0.2) is 11.4 Å². The zero-order valence-electron chi connectivity index (χ0n) is 4.60. The third-order valence-electron chi connectivity index (χ3n) is 0.487. The Bertz CT molecular complexity index is 70.8. The molecule has 0 saturated carbocycles. The van der Waals surface area contributed by atoms with Gasteiger partial charge in [0, 0.05) is 0 Å². The van der Waals surface area contributed by atoms with Crippen LogP contribution in [-0.2, 0) is 4.74 Å². The summed E-state index contributed by atoms with van der Waals surface area (Å²) in [5.74, 6) is 0. The second-order valence-electron chi connectivity index (χ2n) is 1.12. The topological polar surface area (TPSA) is 9.23 Å². The summed E-state index contributed by atoms with van der Waals surface area (Å²) >= 11 is 10.6. The maximum absolute atomic E-state index is 5.31. The number of ether oxygens (including phenoxy) is 1. The second kappa shape index (κ2) is 5.26. The molecule has 0 amide bonds. The van der Waals surface area contributed by atoms with E-state index in [0.29, 0.717) is 6.61 Å². The Hall–Kier alpha value is 0.120. The highest BCUT2D eigenvalue weighted by Gasteiger charge is 1.86. The van der Waals surface area contributed by atoms with Crippen LogP contribution in [0.3, 0.4) is 0 Å². The fourth-order valence-corrected chi connectivity index (χ4v) is 0.330. The van der Waals surface area contributed by atoms with E-state index >= 15 is 0 Å². The highest BCUT2D eigenvalue weighted by molar-refractivity contribution is 6.45. The second-order valence-corrected chi connectivity index (χ2v) is 2.28. The Morgan fingerprint density at radius 2 is 2.25 bits per heavy atom. The van der Waals surface area contributed by atoms with E-state index in [1.54, 1.807) is 6.08 Å². The molecular weight excluding hydrogens is 147 g/mol. The largest absolute Gasteiger partial charge is 0.502 e. The molecule has 0 saturated heterocycles. The van der Waals surface area contributed by atoms with E-state index in [9.17, 15) is 0 Å². The number of alkyl halides is 2. The van der Waals surface area contributed by atoms with Gasteiger partial charge in [-0.15, -0.1) is 23.2 Å². The summed E-state index contributed by atoms with van der Waals surface area (Å²) < 4.78 is 4.79. The molecule has 0 aromatic heterocycles. The lowest BCUT2D eigenvalue weighted by molar-refractivity contribution is 0.268. The van der Waals surface area contributed by atoms with Gasteiger partial charge in [0.25, 0.3) is 0 Å². The number of hydrogen-bond donors (Lipinski definition) is 0. The van der Waals surface area contributed by atoms with E-state index in [2.05, 4.69) is 0 Å². The van der Waals surface area contributed by atoms with Crippen molar-refractivity contribution in [2.24, 2.45) is 0 Å². The van der Waals surface area contributed by atoms with Crippen LogP contribution in [0, 0.1) is 0 Å². The van der Waals surface area contributed by atoms with Gasteiger partial charge in [-0.2, -0.15) is 0 Å². The predicted octanol–water partition coefficient (Wildman–Crippen LogP) is 2.34. The molecule has 0 aliphatic heterocycles. The van der Waals surface area contributed by atoms with Crippen LogP contribution >= 0.6 is 23.2 Å². The van der Waals surface area contributed by atoms with Crippen molar-refractivity contribution in [3.8, 4) is 0 Å². The van der Waals surface area contributed by atoms with E-state index in [0.717, 1.165) is 0 Å². The molecule has 1 nitrogen and oxygen atoms in total. The molecule has 0 bridgehead atoms. The van der Waals surface area contributed by atoms with Gasteiger partial charge in [0.1, 0.15) is 4.84 Å². The lowest BCUT2D eigenvalue weighted by Crippen LogP contribution is -1.80. The van der Waals surface area contributed by atoms with Crippen molar-refractivity contribution in [2.75, 3.05) is 6.61 Å². The molecular formula is C5H8Cl2O. The first-order chi connectivity index (χ1) is 3.77. The van der Waals surface area contributed by atoms with Crippen molar-refractivity contribution in [3.63, 3.8) is 0 Å². The Morgan fingerprint density at radius 3 is 2.62 bits per heavy atom. The van der Waals surface area contributed by atoms with Crippen molar-refractivity contribution in [1.29, 1.82) is 0 Å². The van der Waals surface area contributed by atoms with E-state index in [1.165, 1.54) is 6.26 Å². The third kappa shape index (κ3) is 6.12. The minimum absolute atomic E-state index is 0.457. The molecule has 0 rings (SSSR count). The standard InChI is InChI=1S/C5H8Cl2O/c1-2-8-4-3-5(6)7/h3-5H,2H2,1H3. The molecule has 0 fully saturated rings. The van der Waals surface area contributed by atoms with Crippen molar-refractivity contribution >= 4 is 23.2 Å². The zero-order chi connectivity index (χ0) is 6.41. The molecule has 0 aromatic carbocycles. The van der Waals surface area contributed by atoms with Gasteiger partial charge in [-0.25, -0.2) is 0 Å². The fraction of sp³-hybridized carbons (Fsp3) is 0.600. The summed E-state index contributed by atoms with van der Waals surface area (Å²) in [4.78, 5) is -0.457. The van der Waals surface area contributed by atoms with Gasteiger partial charge in [-0.3, -0.25) is 0 Å². The average Bonchev–Trinajstić information content (AvgIpc) is 1.66. The monoisotopic (exact) mass is 154 g/mol. The first kappa shape index (κ1) is 8.12. The minimum atomic E-state index is -0.457. The van der Waals surface area contributed by atoms with Gasteiger partial charge in [0.2, 0.25) is 0 Å². The van der Waals surface area contributed by atoms with Crippen LogP contribution in [0.15, 0.2) is 12.3 Å². The lowest BCUT2D eigenvalue weighted by Gasteiger charge is -1.91. The highest BCUT2D eigenvalue weighted by Crippen LogP contribution is 2.01. The van der Waals surface area contributed by atoms with Gasteiger partial charge in [0.15, 0.2) is 0 Å². The molecule has 0 radical (unpaired) electrons. The molecule has 0 aliphatic rings. The summed E-state index contributed by atoms with van der Waals surface area (Å²) in [5.41, 5.74) is 0. The maximum atomic E-state index is 5.31. The number of halogens is 2. The number of allylic oxidation sites excluding steroid dienone is 1. The molecule has 0 aliphatic carbocycles. The molecule has 8 heavy (non-hydrogen) atoms. The number of rotatable bonds is 3. The Kier molecular flexibility index (Phi) is 5.34. The van der Waals surface area contributed by atoms with Crippen molar-refractivity contribution in [1.82, 2.24) is 0 Å². The van der Waals surface area contributed by atoms with Gasteiger partial charge in [-0.05, 0) is 13.0 Å². The molecule has 0 aromatic rings. The van der Waals surface area contributed by atoms with Crippen molar-refractivity contribution in [2.45, 2.75) is 11.8 Å². The van der Waals surface area contributed by atoms with Crippen LogP contribution in [0.25, 0.3) is 0 Å². The van der Waals surface area contributed by atoms with Gasteiger partial charge < -0.3 is 4.74 Å². The van der Waals surface area contributed by atoms with Gasteiger partial charge >= 0.3 is 0 Å². The Balaban J connectivity index is 3.07. The summed E-state index contributed by atoms with van der Waals surface area (Å²) in [5, 5.41) is 0. The highest BCUT2D eigenvalue weighted by atomic mass is 35.5. The van der Waals surface area contributed by atoms with Crippen LogP contribution in [0.1, 0.15) is 6.92 Å². The average molecular weight is 155 g/mol. The Labute approximate surface area is 59.2 Å². The van der Waals surface area contributed by atoms with Gasteiger partial charge in [0.05, 0.1) is 12.9 Å². The minimum Gasteiger partial charge on any atom is -0.502 e. The van der Waals surface area contributed by atoms with Crippen LogP contribution in [0.4, 0.5) is 0 Å². The van der Waals surface area contributed by atoms with E-state index in [4.69, 9.17) is 27.9 Å². The van der Waals surface area contributed by atoms with Crippen LogP contribution < -0.4 is 0 Å². The lowest BCUT2D eigenvalue weighted by atomic mass is 10.7. The maximum Gasteiger partial charge on any atom is 0.129 e.